The summed E-state index contributed by atoms with van der Waals surface area (Å²) in [6, 6.07) is 8.04. The van der Waals surface area contributed by atoms with Crippen LogP contribution in [0.15, 0.2) is 24.3 Å². The van der Waals surface area contributed by atoms with E-state index in [0.29, 0.717) is 18.3 Å². The Kier molecular flexibility index (Phi) is 6.21. The lowest BCUT2D eigenvalue weighted by Gasteiger charge is -2.25. The summed E-state index contributed by atoms with van der Waals surface area (Å²) in [4.78, 5) is 14.6. The maximum Gasteiger partial charge on any atom is 0.230 e. The first kappa shape index (κ1) is 17.5. The Labute approximate surface area is 128 Å². The van der Waals surface area contributed by atoms with Crippen LogP contribution in [0.4, 0.5) is 5.69 Å². The maximum absolute atomic E-state index is 12.4. The summed E-state index contributed by atoms with van der Waals surface area (Å²) in [5.41, 5.74) is 6.84. The Morgan fingerprint density at radius 3 is 2.38 bits per heavy atom. The van der Waals surface area contributed by atoms with Gasteiger partial charge in [0.1, 0.15) is 0 Å². The number of carbonyl (C=O) groups is 1. The van der Waals surface area contributed by atoms with Crippen LogP contribution in [0.25, 0.3) is 0 Å². The third kappa shape index (κ3) is 5.05. The number of nitrogens with two attached hydrogens (primary N) is 1. The Hall–Kier alpha value is -1.55. The minimum atomic E-state index is -0.544. The Balaban J connectivity index is 2.48. The first-order valence-electron chi connectivity index (χ1n) is 7.59. The van der Waals surface area contributed by atoms with Gasteiger partial charge in [0.25, 0.3) is 0 Å². The third-order valence-corrected chi connectivity index (χ3v) is 4.05. The Morgan fingerprint density at radius 1 is 1.29 bits per heavy atom. The molecule has 0 aliphatic heterocycles. The number of carbonyl (C=O) groups excluding carboxylic acids is 1. The van der Waals surface area contributed by atoms with Crippen LogP contribution in [0.2, 0.25) is 0 Å². The number of rotatable bonds is 7. The SMILES string of the molecule is CC(C)N(C)CCCNC(=O)C(C)(C)c1ccc(N)cc1. The van der Waals surface area contributed by atoms with Gasteiger partial charge in [-0.25, -0.2) is 0 Å². The Morgan fingerprint density at radius 2 is 1.86 bits per heavy atom. The summed E-state index contributed by atoms with van der Waals surface area (Å²) < 4.78 is 0. The summed E-state index contributed by atoms with van der Waals surface area (Å²) in [6.45, 7) is 9.91. The van der Waals surface area contributed by atoms with Crippen molar-refractivity contribution in [1.82, 2.24) is 10.2 Å². The van der Waals surface area contributed by atoms with Crippen LogP contribution in [-0.2, 0) is 10.2 Å². The number of nitrogen functional groups attached to an aromatic ring is 1. The normalized spacial score (nSPS) is 12.0. The smallest absolute Gasteiger partial charge is 0.230 e. The fourth-order valence-electron chi connectivity index (χ4n) is 2.04. The van der Waals surface area contributed by atoms with Gasteiger partial charge in [-0.15, -0.1) is 0 Å². The van der Waals surface area contributed by atoms with Crippen LogP contribution in [-0.4, -0.2) is 37.0 Å². The van der Waals surface area contributed by atoms with Crippen molar-refractivity contribution < 1.29 is 4.79 Å². The van der Waals surface area contributed by atoms with Crippen molar-refractivity contribution in [3.63, 3.8) is 0 Å². The molecule has 0 bridgehead atoms. The number of hydrogen-bond donors (Lipinski definition) is 2. The molecule has 4 nitrogen and oxygen atoms in total. The van der Waals surface area contributed by atoms with Crippen LogP contribution in [0, 0.1) is 0 Å². The molecule has 1 aromatic rings. The highest BCUT2D eigenvalue weighted by Crippen LogP contribution is 2.24. The van der Waals surface area contributed by atoms with Gasteiger partial charge in [-0.3, -0.25) is 4.79 Å². The van der Waals surface area contributed by atoms with E-state index in [1.165, 1.54) is 0 Å². The molecule has 21 heavy (non-hydrogen) atoms. The molecule has 1 aromatic carbocycles. The molecular weight excluding hydrogens is 262 g/mol. The molecular formula is C17H29N3O. The van der Waals surface area contributed by atoms with E-state index < -0.39 is 5.41 Å². The van der Waals surface area contributed by atoms with Crippen molar-refractivity contribution >= 4 is 11.6 Å². The number of amides is 1. The summed E-state index contributed by atoms with van der Waals surface area (Å²) in [5, 5.41) is 3.03. The van der Waals surface area contributed by atoms with Gasteiger partial charge >= 0.3 is 0 Å². The van der Waals surface area contributed by atoms with Gasteiger partial charge in [0.05, 0.1) is 5.41 Å². The lowest BCUT2D eigenvalue weighted by Crippen LogP contribution is -2.41. The molecule has 4 heteroatoms. The summed E-state index contributed by atoms with van der Waals surface area (Å²) in [7, 11) is 2.10. The average molecular weight is 291 g/mol. The molecule has 0 fully saturated rings. The molecule has 3 N–H and O–H groups in total. The van der Waals surface area contributed by atoms with Gasteiger partial charge in [0.15, 0.2) is 0 Å². The third-order valence-electron chi connectivity index (χ3n) is 4.05. The summed E-state index contributed by atoms with van der Waals surface area (Å²) >= 11 is 0. The largest absolute Gasteiger partial charge is 0.399 e. The van der Waals surface area contributed by atoms with E-state index >= 15 is 0 Å². The van der Waals surface area contributed by atoms with E-state index in [-0.39, 0.29) is 5.91 Å². The summed E-state index contributed by atoms with van der Waals surface area (Å²) in [6.07, 6.45) is 0.957. The van der Waals surface area contributed by atoms with Gasteiger partial charge in [0.2, 0.25) is 5.91 Å². The molecule has 1 rings (SSSR count). The van der Waals surface area contributed by atoms with Crippen molar-refractivity contribution in [2.75, 3.05) is 25.9 Å². The zero-order valence-corrected chi connectivity index (χ0v) is 13.9. The monoisotopic (exact) mass is 291 g/mol. The minimum absolute atomic E-state index is 0.0551. The number of nitrogens with one attached hydrogen (secondary N) is 1. The van der Waals surface area contributed by atoms with Crippen molar-refractivity contribution in [1.29, 1.82) is 0 Å². The van der Waals surface area contributed by atoms with Gasteiger partial charge in [-0.1, -0.05) is 12.1 Å². The molecule has 0 aliphatic rings. The van der Waals surface area contributed by atoms with Crippen LogP contribution in [0.1, 0.15) is 39.7 Å². The quantitative estimate of drug-likeness (QED) is 0.599. The van der Waals surface area contributed by atoms with E-state index in [1.807, 2.05) is 38.1 Å². The van der Waals surface area contributed by atoms with Gasteiger partial charge in [-0.2, -0.15) is 0 Å². The van der Waals surface area contributed by atoms with E-state index in [2.05, 4.69) is 31.1 Å². The highest BCUT2D eigenvalue weighted by atomic mass is 16.2. The van der Waals surface area contributed by atoms with Crippen LogP contribution in [0.5, 0.6) is 0 Å². The topological polar surface area (TPSA) is 58.4 Å². The van der Waals surface area contributed by atoms with E-state index in [9.17, 15) is 4.79 Å². The second-order valence-electron chi connectivity index (χ2n) is 6.43. The van der Waals surface area contributed by atoms with Gasteiger partial charge in [-0.05, 0) is 65.4 Å². The fourth-order valence-corrected chi connectivity index (χ4v) is 2.04. The Bertz CT molecular complexity index is 452. The number of anilines is 1. The molecule has 0 aliphatic carbocycles. The number of hydrogen-bond acceptors (Lipinski definition) is 3. The molecule has 0 spiro atoms. The molecule has 0 saturated heterocycles. The van der Waals surface area contributed by atoms with E-state index in [1.54, 1.807) is 0 Å². The lowest BCUT2D eigenvalue weighted by molar-refractivity contribution is -0.125. The highest BCUT2D eigenvalue weighted by Gasteiger charge is 2.29. The summed E-state index contributed by atoms with van der Waals surface area (Å²) in [5.74, 6) is 0.0551. The van der Waals surface area contributed by atoms with Crippen molar-refractivity contribution in [2.24, 2.45) is 0 Å². The highest BCUT2D eigenvalue weighted by molar-refractivity contribution is 5.87. The molecule has 0 unspecified atom stereocenters. The zero-order chi connectivity index (χ0) is 16.0. The minimum Gasteiger partial charge on any atom is -0.399 e. The molecule has 0 aromatic heterocycles. The van der Waals surface area contributed by atoms with Crippen LogP contribution < -0.4 is 11.1 Å². The molecule has 118 valence electrons. The number of nitrogens with zero attached hydrogens (tertiary/aromatic N) is 1. The average Bonchev–Trinajstić information content (AvgIpc) is 2.43. The molecule has 0 heterocycles. The van der Waals surface area contributed by atoms with Gasteiger partial charge in [0, 0.05) is 18.3 Å². The first-order valence-corrected chi connectivity index (χ1v) is 7.59. The lowest BCUT2D eigenvalue weighted by atomic mass is 9.83. The fraction of sp³-hybridized carbons (Fsp3) is 0.588. The second kappa shape index (κ2) is 7.46. The molecule has 0 atom stereocenters. The second-order valence-corrected chi connectivity index (χ2v) is 6.43. The first-order chi connectivity index (χ1) is 9.75. The number of benzene rings is 1. The molecule has 0 saturated carbocycles. The van der Waals surface area contributed by atoms with Crippen molar-refractivity contribution in [3.05, 3.63) is 29.8 Å². The van der Waals surface area contributed by atoms with Gasteiger partial charge < -0.3 is 16.0 Å². The maximum atomic E-state index is 12.4. The predicted molar refractivity (Wildman–Crippen MR) is 89.3 cm³/mol. The van der Waals surface area contributed by atoms with Crippen molar-refractivity contribution in [3.8, 4) is 0 Å². The van der Waals surface area contributed by atoms with Crippen LogP contribution in [0.3, 0.4) is 0 Å². The molecule has 0 radical (unpaired) electrons. The zero-order valence-electron chi connectivity index (χ0n) is 13.9. The predicted octanol–water partition coefficient (Wildman–Crippen LogP) is 2.39. The molecule has 1 amide bonds. The van der Waals surface area contributed by atoms with Crippen LogP contribution >= 0.6 is 0 Å². The standard InChI is InChI=1S/C17H29N3O/c1-13(2)20(5)12-6-11-19-16(21)17(3,4)14-7-9-15(18)10-8-14/h7-10,13H,6,11-12,18H2,1-5H3,(H,19,21). The van der Waals surface area contributed by atoms with E-state index in [0.717, 1.165) is 18.5 Å². The van der Waals surface area contributed by atoms with E-state index in [4.69, 9.17) is 5.73 Å². The van der Waals surface area contributed by atoms with Crippen molar-refractivity contribution in [2.45, 2.75) is 45.6 Å².